The predicted octanol–water partition coefficient (Wildman–Crippen LogP) is 3.09. The quantitative estimate of drug-likeness (QED) is 0.550. The Balaban J connectivity index is 1.89. The van der Waals surface area contributed by atoms with Crippen molar-refractivity contribution >= 4 is 11.8 Å². The predicted molar refractivity (Wildman–Crippen MR) is 124 cm³/mol. The number of primary amides is 1. The summed E-state index contributed by atoms with van der Waals surface area (Å²) in [4.78, 5) is 40.1. The van der Waals surface area contributed by atoms with Gasteiger partial charge in [0.25, 0.3) is 5.91 Å². The number of hydrogen-bond donors (Lipinski definition) is 1. The van der Waals surface area contributed by atoms with E-state index < -0.39 is 23.0 Å². The zero-order valence-corrected chi connectivity index (χ0v) is 19.5. The number of hydrogen-bond acceptors (Lipinski definition) is 6. The summed E-state index contributed by atoms with van der Waals surface area (Å²) < 4.78 is 16.0. The van der Waals surface area contributed by atoms with Crippen LogP contribution in [0.25, 0.3) is 0 Å². The number of nitrogens with zero attached hydrogens (tertiary/aromatic N) is 1. The van der Waals surface area contributed by atoms with Gasteiger partial charge in [-0.1, -0.05) is 25.8 Å². The van der Waals surface area contributed by atoms with Gasteiger partial charge in [0.05, 0.1) is 14.2 Å². The van der Waals surface area contributed by atoms with Gasteiger partial charge >= 0.3 is 5.63 Å². The average molecular weight is 457 g/mol. The SMILES string of the molecule is CCCCCc1ccc(C(=O)N2CCCC2(Cc2ccc(OC)c(OC)c2)C(N)=O)c(=O)o1. The zero-order chi connectivity index (χ0) is 24.0. The zero-order valence-electron chi connectivity index (χ0n) is 19.5. The molecule has 0 aliphatic carbocycles. The van der Waals surface area contributed by atoms with Gasteiger partial charge < -0.3 is 24.5 Å². The molecule has 8 nitrogen and oxygen atoms in total. The van der Waals surface area contributed by atoms with Gasteiger partial charge in [-0.25, -0.2) is 4.79 Å². The van der Waals surface area contributed by atoms with E-state index in [0.717, 1.165) is 24.8 Å². The first-order chi connectivity index (χ1) is 15.9. The Labute approximate surface area is 193 Å². The molecule has 2 heterocycles. The number of ether oxygens (including phenoxy) is 2. The smallest absolute Gasteiger partial charge is 0.348 e. The van der Waals surface area contributed by atoms with Crippen molar-refractivity contribution in [3.05, 3.63) is 57.6 Å². The molecule has 0 spiro atoms. The molecular weight excluding hydrogens is 424 g/mol. The van der Waals surface area contributed by atoms with Crippen LogP contribution >= 0.6 is 0 Å². The van der Waals surface area contributed by atoms with Crippen LogP contribution in [0.5, 0.6) is 11.5 Å². The Bertz CT molecular complexity index is 1060. The van der Waals surface area contributed by atoms with Crippen LogP contribution in [0.2, 0.25) is 0 Å². The van der Waals surface area contributed by atoms with E-state index in [-0.39, 0.29) is 12.0 Å². The van der Waals surface area contributed by atoms with Crippen molar-refractivity contribution in [3.8, 4) is 11.5 Å². The Morgan fingerprint density at radius 2 is 1.88 bits per heavy atom. The molecule has 1 atom stereocenters. The van der Waals surface area contributed by atoms with E-state index in [4.69, 9.17) is 19.6 Å². The van der Waals surface area contributed by atoms with Gasteiger partial charge in [-0.2, -0.15) is 0 Å². The van der Waals surface area contributed by atoms with Crippen molar-refractivity contribution in [2.75, 3.05) is 20.8 Å². The molecule has 0 bridgehead atoms. The van der Waals surface area contributed by atoms with Crippen LogP contribution < -0.4 is 20.8 Å². The Morgan fingerprint density at radius 3 is 2.52 bits per heavy atom. The van der Waals surface area contributed by atoms with E-state index in [1.54, 1.807) is 25.3 Å². The third-order valence-corrected chi connectivity index (χ3v) is 6.27. The van der Waals surface area contributed by atoms with Crippen LogP contribution in [0.15, 0.2) is 39.5 Å². The van der Waals surface area contributed by atoms with Crippen LogP contribution in [0.1, 0.15) is 60.7 Å². The normalized spacial score (nSPS) is 17.7. The molecule has 1 fully saturated rings. The van der Waals surface area contributed by atoms with E-state index in [1.165, 1.54) is 18.1 Å². The lowest BCUT2D eigenvalue weighted by atomic mass is 9.86. The maximum absolute atomic E-state index is 13.4. The van der Waals surface area contributed by atoms with E-state index in [0.29, 0.717) is 43.1 Å². The number of benzene rings is 1. The maximum Gasteiger partial charge on any atom is 0.348 e. The van der Waals surface area contributed by atoms with Crippen LogP contribution in [0.4, 0.5) is 0 Å². The third kappa shape index (κ3) is 5.05. The molecule has 0 radical (unpaired) electrons. The fourth-order valence-corrected chi connectivity index (χ4v) is 4.47. The summed E-state index contributed by atoms with van der Waals surface area (Å²) in [5.74, 6) is 0.484. The van der Waals surface area contributed by atoms with E-state index in [9.17, 15) is 14.4 Å². The molecule has 1 aliphatic heterocycles. The molecule has 8 heteroatoms. The molecule has 1 unspecified atom stereocenters. The van der Waals surface area contributed by atoms with Gasteiger partial charge in [0.15, 0.2) is 11.5 Å². The van der Waals surface area contributed by atoms with Crippen molar-refractivity contribution in [3.63, 3.8) is 0 Å². The number of aryl methyl sites for hydroxylation is 1. The largest absolute Gasteiger partial charge is 0.493 e. The third-order valence-electron chi connectivity index (χ3n) is 6.27. The molecule has 33 heavy (non-hydrogen) atoms. The van der Waals surface area contributed by atoms with Crippen molar-refractivity contribution in [2.24, 2.45) is 5.73 Å². The summed E-state index contributed by atoms with van der Waals surface area (Å²) in [6, 6.07) is 8.49. The first-order valence-electron chi connectivity index (χ1n) is 11.3. The van der Waals surface area contributed by atoms with Gasteiger partial charge in [0, 0.05) is 19.4 Å². The highest BCUT2D eigenvalue weighted by molar-refractivity contribution is 5.99. The lowest BCUT2D eigenvalue weighted by Gasteiger charge is -2.36. The second-order valence-corrected chi connectivity index (χ2v) is 8.38. The molecule has 1 aromatic carbocycles. The minimum absolute atomic E-state index is 0.0888. The number of unbranched alkanes of at least 4 members (excludes halogenated alkanes) is 2. The molecular formula is C25H32N2O6. The Hall–Kier alpha value is -3.29. The summed E-state index contributed by atoms with van der Waals surface area (Å²) in [6.45, 7) is 2.42. The highest BCUT2D eigenvalue weighted by Crippen LogP contribution is 2.36. The Kier molecular flexibility index (Phi) is 7.79. The monoisotopic (exact) mass is 456 g/mol. The highest BCUT2D eigenvalue weighted by atomic mass is 16.5. The fraction of sp³-hybridized carbons (Fsp3) is 0.480. The van der Waals surface area contributed by atoms with Crippen LogP contribution in [0, 0.1) is 0 Å². The van der Waals surface area contributed by atoms with Gasteiger partial charge in [-0.3, -0.25) is 9.59 Å². The minimum atomic E-state index is -1.25. The van der Waals surface area contributed by atoms with E-state index in [2.05, 4.69) is 6.92 Å². The van der Waals surface area contributed by atoms with Gasteiger partial charge in [0.2, 0.25) is 5.91 Å². The summed E-state index contributed by atoms with van der Waals surface area (Å²) in [5, 5.41) is 0. The first kappa shape index (κ1) is 24.4. The summed E-state index contributed by atoms with van der Waals surface area (Å²) in [5.41, 5.74) is 4.60. The molecule has 2 N–H and O–H groups in total. The molecule has 1 aromatic heterocycles. The molecule has 1 saturated heterocycles. The molecule has 3 rings (SSSR count). The topological polar surface area (TPSA) is 112 Å². The van der Waals surface area contributed by atoms with Crippen molar-refractivity contribution in [1.29, 1.82) is 0 Å². The number of methoxy groups -OCH3 is 2. The summed E-state index contributed by atoms with van der Waals surface area (Å²) in [7, 11) is 3.07. The van der Waals surface area contributed by atoms with Crippen LogP contribution in [-0.2, 0) is 17.6 Å². The van der Waals surface area contributed by atoms with E-state index >= 15 is 0 Å². The highest BCUT2D eigenvalue weighted by Gasteiger charge is 2.49. The second-order valence-electron chi connectivity index (χ2n) is 8.38. The summed E-state index contributed by atoms with van der Waals surface area (Å²) in [6.07, 6.45) is 4.86. The number of rotatable bonds is 10. The van der Waals surface area contributed by atoms with Crippen molar-refractivity contribution in [1.82, 2.24) is 4.90 Å². The standard InChI is InChI=1S/C25H32N2O6/c1-4-5-6-8-18-10-11-19(23(29)33-18)22(28)27-14-7-13-25(27,24(26)30)16-17-9-12-20(31-2)21(15-17)32-3/h9-12,15H,4-8,13-14,16H2,1-3H3,(H2,26,30). The lowest BCUT2D eigenvalue weighted by Crippen LogP contribution is -2.57. The lowest BCUT2D eigenvalue weighted by molar-refractivity contribution is -0.127. The minimum Gasteiger partial charge on any atom is -0.493 e. The molecule has 2 aromatic rings. The molecule has 2 amide bonds. The Morgan fingerprint density at radius 1 is 1.12 bits per heavy atom. The molecule has 0 saturated carbocycles. The van der Waals surface area contributed by atoms with Gasteiger partial charge in [-0.15, -0.1) is 0 Å². The average Bonchev–Trinajstić information content (AvgIpc) is 3.23. The van der Waals surface area contributed by atoms with Crippen LogP contribution in [-0.4, -0.2) is 43.0 Å². The van der Waals surface area contributed by atoms with Crippen LogP contribution in [0.3, 0.4) is 0 Å². The molecule has 1 aliphatic rings. The van der Waals surface area contributed by atoms with E-state index in [1.807, 2.05) is 6.07 Å². The van der Waals surface area contributed by atoms with Gasteiger partial charge in [-0.05, 0) is 49.1 Å². The van der Waals surface area contributed by atoms with Crippen molar-refractivity contribution < 1.29 is 23.5 Å². The number of nitrogens with two attached hydrogens (primary N) is 1. The van der Waals surface area contributed by atoms with Gasteiger partial charge in [0.1, 0.15) is 16.9 Å². The summed E-state index contributed by atoms with van der Waals surface area (Å²) >= 11 is 0. The number of carbonyl (C=O) groups is 2. The maximum atomic E-state index is 13.4. The number of likely N-dealkylation sites (tertiary alicyclic amines) is 1. The second kappa shape index (κ2) is 10.6. The van der Waals surface area contributed by atoms with Crippen molar-refractivity contribution in [2.45, 2.75) is 57.4 Å². The molecule has 178 valence electrons. The number of carbonyl (C=O) groups excluding carboxylic acids is 2. The number of amides is 2. The fourth-order valence-electron chi connectivity index (χ4n) is 4.47. The first-order valence-corrected chi connectivity index (χ1v) is 11.3.